The van der Waals surface area contributed by atoms with Gasteiger partial charge in [-0.2, -0.15) is 17.0 Å². The van der Waals surface area contributed by atoms with E-state index in [2.05, 4.69) is 19.2 Å². The first-order valence-corrected chi connectivity index (χ1v) is 9.84. The molecule has 1 N–H and O–H groups in total. The Labute approximate surface area is 131 Å². The molecule has 0 aromatic heterocycles. The third kappa shape index (κ3) is 6.22. The first-order valence-electron chi connectivity index (χ1n) is 8.44. The molecule has 0 amide bonds. The van der Waals surface area contributed by atoms with Gasteiger partial charge in [0.05, 0.1) is 0 Å². The minimum Gasteiger partial charge on any atom is -0.317 e. The quantitative estimate of drug-likeness (QED) is 0.662. The Bertz CT molecular complexity index is 373. The van der Waals surface area contributed by atoms with Gasteiger partial charge in [0.15, 0.2) is 0 Å². The molecule has 1 unspecified atom stereocenters. The molecule has 0 bridgehead atoms. The van der Waals surface area contributed by atoms with E-state index in [-0.39, 0.29) is 0 Å². The lowest BCUT2D eigenvalue weighted by Gasteiger charge is -2.26. The van der Waals surface area contributed by atoms with Crippen LogP contribution in [0.25, 0.3) is 0 Å². The van der Waals surface area contributed by atoms with Crippen molar-refractivity contribution in [3.05, 3.63) is 0 Å². The number of rotatable bonds is 9. The summed E-state index contributed by atoms with van der Waals surface area (Å²) in [6, 6.07) is 0. The van der Waals surface area contributed by atoms with Gasteiger partial charge in [-0.25, -0.2) is 0 Å². The highest BCUT2D eigenvalue weighted by Gasteiger charge is 2.28. The van der Waals surface area contributed by atoms with Gasteiger partial charge >= 0.3 is 0 Å². The summed E-state index contributed by atoms with van der Waals surface area (Å²) in [4.78, 5) is 0. The summed E-state index contributed by atoms with van der Waals surface area (Å²) in [7, 11) is -1.57. The summed E-state index contributed by atoms with van der Waals surface area (Å²) in [5.41, 5.74) is 0. The standard InChI is InChI=1S/C15H33N3O2S/c1-4-8-15-9-6-13-18(14-10-15)21(19,20)17(3)12-7-11-16-5-2/h15-16H,4-14H2,1-3H3. The molecule has 21 heavy (non-hydrogen) atoms. The summed E-state index contributed by atoms with van der Waals surface area (Å²) in [6.07, 6.45) is 6.46. The summed E-state index contributed by atoms with van der Waals surface area (Å²) < 4.78 is 28.4. The fourth-order valence-electron chi connectivity index (χ4n) is 2.98. The van der Waals surface area contributed by atoms with Crippen LogP contribution in [-0.2, 0) is 10.2 Å². The van der Waals surface area contributed by atoms with E-state index in [4.69, 9.17) is 0 Å². The molecule has 1 saturated heterocycles. The first-order chi connectivity index (χ1) is 10.0. The number of hydrogen-bond donors (Lipinski definition) is 1. The summed E-state index contributed by atoms with van der Waals surface area (Å²) in [5, 5.41) is 3.23. The van der Waals surface area contributed by atoms with E-state index in [1.54, 1.807) is 11.4 Å². The van der Waals surface area contributed by atoms with Gasteiger partial charge < -0.3 is 5.32 Å². The van der Waals surface area contributed by atoms with E-state index >= 15 is 0 Å². The van der Waals surface area contributed by atoms with Gasteiger partial charge in [0.2, 0.25) is 0 Å². The topological polar surface area (TPSA) is 52.7 Å². The van der Waals surface area contributed by atoms with E-state index in [0.717, 1.165) is 32.4 Å². The third-order valence-corrected chi connectivity index (χ3v) is 6.29. The SMILES string of the molecule is CCCC1CCCN(S(=O)(=O)N(C)CCCNCC)CC1. The van der Waals surface area contributed by atoms with Crippen LogP contribution in [-0.4, -0.2) is 56.8 Å². The average Bonchev–Trinajstić information content (AvgIpc) is 2.70. The highest BCUT2D eigenvalue weighted by atomic mass is 32.2. The van der Waals surface area contributed by atoms with Crippen molar-refractivity contribution >= 4 is 10.2 Å². The lowest BCUT2D eigenvalue weighted by molar-refractivity contribution is 0.355. The molecule has 0 saturated carbocycles. The van der Waals surface area contributed by atoms with Crippen molar-refractivity contribution in [3.63, 3.8) is 0 Å². The number of hydrogen-bond acceptors (Lipinski definition) is 3. The molecule has 1 rings (SSSR count). The Kier molecular flexibility index (Phi) is 8.78. The molecule has 1 aliphatic heterocycles. The Hall–Kier alpha value is -0.170. The van der Waals surface area contributed by atoms with Crippen molar-refractivity contribution in [2.75, 3.05) is 39.8 Å². The van der Waals surface area contributed by atoms with Crippen LogP contribution in [0.1, 0.15) is 52.4 Å². The van der Waals surface area contributed by atoms with E-state index < -0.39 is 10.2 Å². The lowest BCUT2D eigenvalue weighted by Crippen LogP contribution is -2.43. The second-order valence-electron chi connectivity index (χ2n) is 6.02. The maximum Gasteiger partial charge on any atom is 0.281 e. The number of nitrogens with one attached hydrogen (secondary N) is 1. The second-order valence-corrected chi connectivity index (χ2v) is 8.06. The van der Waals surface area contributed by atoms with Crippen LogP contribution < -0.4 is 5.32 Å². The van der Waals surface area contributed by atoms with Crippen LogP contribution in [0.2, 0.25) is 0 Å². The highest BCUT2D eigenvalue weighted by Crippen LogP contribution is 2.24. The normalized spacial score (nSPS) is 21.6. The zero-order chi connectivity index (χ0) is 15.7. The molecule has 1 fully saturated rings. The van der Waals surface area contributed by atoms with Gasteiger partial charge in [-0.05, 0) is 44.7 Å². The van der Waals surface area contributed by atoms with Gasteiger partial charge in [-0.3, -0.25) is 0 Å². The van der Waals surface area contributed by atoms with E-state index in [1.807, 2.05) is 0 Å². The molecular weight excluding hydrogens is 286 g/mol. The van der Waals surface area contributed by atoms with Crippen LogP contribution in [0, 0.1) is 5.92 Å². The molecule has 0 aliphatic carbocycles. The Balaban J connectivity index is 2.48. The van der Waals surface area contributed by atoms with E-state index in [0.29, 0.717) is 25.6 Å². The van der Waals surface area contributed by atoms with Crippen molar-refractivity contribution in [1.82, 2.24) is 13.9 Å². The minimum absolute atomic E-state index is 0.588. The van der Waals surface area contributed by atoms with Crippen LogP contribution in [0.5, 0.6) is 0 Å². The van der Waals surface area contributed by atoms with Crippen LogP contribution in [0.4, 0.5) is 0 Å². The summed E-state index contributed by atoms with van der Waals surface area (Å²) >= 11 is 0. The predicted octanol–water partition coefficient (Wildman–Crippen LogP) is 2.06. The predicted molar refractivity (Wildman–Crippen MR) is 88.5 cm³/mol. The fraction of sp³-hybridized carbons (Fsp3) is 1.00. The van der Waals surface area contributed by atoms with Crippen LogP contribution in [0.15, 0.2) is 0 Å². The van der Waals surface area contributed by atoms with Crippen molar-refractivity contribution < 1.29 is 8.42 Å². The summed E-state index contributed by atoms with van der Waals surface area (Å²) in [6.45, 7) is 8.02. The minimum atomic E-state index is -3.27. The Morgan fingerprint density at radius 2 is 2.00 bits per heavy atom. The fourth-order valence-corrected chi connectivity index (χ4v) is 4.43. The van der Waals surface area contributed by atoms with Crippen molar-refractivity contribution in [1.29, 1.82) is 0 Å². The molecule has 1 aliphatic rings. The molecule has 1 atom stereocenters. The molecule has 0 aromatic rings. The Morgan fingerprint density at radius 1 is 1.24 bits per heavy atom. The van der Waals surface area contributed by atoms with Gasteiger partial charge in [-0.1, -0.05) is 26.7 Å². The van der Waals surface area contributed by atoms with Crippen molar-refractivity contribution in [2.45, 2.75) is 52.4 Å². The average molecular weight is 320 g/mol. The van der Waals surface area contributed by atoms with Crippen LogP contribution in [0.3, 0.4) is 0 Å². The molecule has 5 nitrogen and oxygen atoms in total. The maximum atomic E-state index is 12.6. The van der Waals surface area contributed by atoms with Crippen molar-refractivity contribution in [2.24, 2.45) is 5.92 Å². The van der Waals surface area contributed by atoms with Gasteiger partial charge in [-0.15, -0.1) is 0 Å². The zero-order valence-corrected chi connectivity index (χ0v) is 14.8. The van der Waals surface area contributed by atoms with E-state index in [1.165, 1.54) is 23.6 Å². The number of nitrogens with zero attached hydrogens (tertiary/aromatic N) is 2. The van der Waals surface area contributed by atoms with E-state index in [9.17, 15) is 8.42 Å². The molecule has 0 radical (unpaired) electrons. The molecule has 6 heteroatoms. The smallest absolute Gasteiger partial charge is 0.281 e. The largest absolute Gasteiger partial charge is 0.317 e. The summed E-state index contributed by atoms with van der Waals surface area (Å²) in [5.74, 6) is 0.703. The lowest BCUT2D eigenvalue weighted by atomic mass is 9.96. The first kappa shape index (κ1) is 18.9. The van der Waals surface area contributed by atoms with Crippen LogP contribution >= 0.6 is 0 Å². The highest BCUT2D eigenvalue weighted by molar-refractivity contribution is 7.86. The molecule has 1 heterocycles. The second kappa shape index (κ2) is 9.77. The Morgan fingerprint density at radius 3 is 2.67 bits per heavy atom. The van der Waals surface area contributed by atoms with Gasteiger partial charge in [0.25, 0.3) is 10.2 Å². The zero-order valence-electron chi connectivity index (χ0n) is 14.0. The molecule has 0 spiro atoms. The molecule has 0 aromatic carbocycles. The van der Waals surface area contributed by atoms with Crippen molar-refractivity contribution in [3.8, 4) is 0 Å². The van der Waals surface area contributed by atoms with Gasteiger partial charge in [0.1, 0.15) is 0 Å². The maximum absolute atomic E-state index is 12.6. The molecule has 126 valence electrons. The monoisotopic (exact) mass is 319 g/mol. The van der Waals surface area contributed by atoms with Gasteiger partial charge in [0, 0.05) is 26.7 Å². The molecular formula is C15H33N3O2S. The third-order valence-electron chi connectivity index (χ3n) is 4.30.